The molecule has 0 bridgehead atoms. The lowest BCUT2D eigenvalue weighted by atomic mass is 10.4. The zero-order chi connectivity index (χ0) is 8.81. The van der Waals surface area contributed by atoms with Crippen LogP contribution < -0.4 is 5.32 Å². The van der Waals surface area contributed by atoms with E-state index in [1.807, 2.05) is 12.2 Å². The average Bonchev–Trinajstić information content (AvgIpc) is 2.32. The molecule has 0 amide bonds. The van der Waals surface area contributed by atoms with Gasteiger partial charge >= 0.3 is 5.97 Å². The van der Waals surface area contributed by atoms with Gasteiger partial charge in [0.1, 0.15) is 5.70 Å². The molecular formula is C9H12ClNO2. The van der Waals surface area contributed by atoms with E-state index in [-0.39, 0.29) is 18.4 Å². The summed E-state index contributed by atoms with van der Waals surface area (Å²) >= 11 is 0. The maximum absolute atomic E-state index is 11.1. The smallest absolute Gasteiger partial charge is 0.354 e. The van der Waals surface area contributed by atoms with Crippen molar-refractivity contribution in [2.24, 2.45) is 0 Å². The van der Waals surface area contributed by atoms with Crippen LogP contribution in [0.3, 0.4) is 0 Å². The topological polar surface area (TPSA) is 38.3 Å². The Morgan fingerprint density at radius 2 is 2.23 bits per heavy atom. The van der Waals surface area contributed by atoms with Crippen LogP contribution >= 0.6 is 12.4 Å². The van der Waals surface area contributed by atoms with Gasteiger partial charge in [0.2, 0.25) is 0 Å². The molecule has 0 saturated heterocycles. The molecule has 3 nitrogen and oxygen atoms in total. The number of hydrogen-bond donors (Lipinski definition) is 1. The first-order valence-electron chi connectivity index (χ1n) is 3.81. The van der Waals surface area contributed by atoms with E-state index in [0.717, 1.165) is 0 Å². The molecule has 0 atom stereocenters. The normalized spacial score (nSPS) is 13.5. The van der Waals surface area contributed by atoms with Crippen molar-refractivity contribution in [2.45, 2.75) is 6.92 Å². The molecule has 0 radical (unpaired) electrons. The number of carbonyl (C=O) groups excluding carboxylic acids is 1. The van der Waals surface area contributed by atoms with Gasteiger partial charge in [-0.05, 0) is 19.1 Å². The minimum absolute atomic E-state index is 0. The van der Waals surface area contributed by atoms with E-state index in [1.54, 1.807) is 25.3 Å². The van der Waals surface area contributed by atoms with Crippen LogP contribution in [0.2, 0.25) is 0 Å². The Balaban J connectivity index is 0.00000144. The van der Waals surface area contributed by atoms with Crippen molar-refractivity contribution in [1.29, 1.82) is 0 Å². The van der Waals surface area contributed by atoms with Crippen molar-refractivity contribution >= 4 is 18.4 Å². The fourth-order valence-corrected chi connectivity index (χ4v) is 0.793. The van der Waals surface area contributed by atoms with Gasteiger partial charge in [0.25, 0.3) is 0 Å². The summed E-state index contributed by atoms with van der Waals surface area (Å²) in [5, 5.41) is 2.81. The van der Waals surface area contributed by atoms with Gasteiger partial charge in [-0.25, -0.2) is 4.79 Å². The summed E-state index contributed by atoms with van der Waals surface area (Å²) in [7, 11) is 0. The van der Waals surface area contributed by atoms with Crippen molar-refractivity contribution in [3.05, 3.63) is 36.2 Å². The van der Waals surface area contributed by atoms with Crippen molar-refractivity contribution in [3.63, 3.8) is 0 Å². The number of rotatable bonds is 2. The van der Waals surface area contributed by atoms with Gasteiger partial charge in [0.15, 0.2) is 0 Å². The maximum atomic E-state index is 11.1. The number of esters is 1. The van der Waals surface area contributed by atoms with Crippen LogP contribution in [0, 0.1) is 0 Å². The molecule has 0 aromatic rings. The molecule has 0 saturated carbocycles. The van der Waals surface area contributed by atoms with Crippen molar-refractivity contribution < 1.29 is 9.53 Å². The minimum atomic E-state index is -0.325. The highest BCUT2D eigenvalue weighted by atomic mass is 35.5. The lowest BCUT2D eigenvalue weighted by molar-refractivity contribution is -0.138. The Bertz CT molecular complexity index is 256. The van der Waals surface area contributed by atoms with Crippen molar-refractivity contribution in [1.82, 2.24) is 5.32 Å². The molecule has 0 unspecified atom stereocenters. The number of nitrogens with one attached hydrogen (secondary N) is 1. The van der Waals surface area contributed by atoms with Crippen LogP contribution in [0.5, 0.6) is 0 Å². The first-order chi connectivity index (χ1) is 5.84. The SMILES string of the molecule is CCOC(=O)C1=CC=CC=CN1.Cl. The predicted octanol–water partition coefficient (Wildman–Crippen LogP) is 1.53. The summed E-state index contributed by atoms with van der Waals surface area (Å²) in [4.78, 5) is 11.1. The summed E-state index contributed by atoms with van der Waals surface area (Å²) in [5.41, 5.74) is 0.460. The fourth-order valence-electron chi connectivity index (χ4n) is 0.793. The average molecular weight is 202 g/mol. The second-order valence-corrected chi connectivity index (χ2v) is 2.19. The molecule has 0 aliphatic carbocycles. The molecule has 0 spiro atoms. The van der Waals surface area contributed by atoms with Crippen LogP contribution in [0.4, 0.5) is 0 Å². The van der Waals surface area contributed by atoms with Gasteiger partial charge in [-0.3, -0.25) is 0 Å². The highest BCUT2D eigenvalue weighted by Crippen LogP contribution is 1.98. The molecule has 0 fully saturated rings. The second-order valence-electron chi connectivity index (χ2n) is 2.19. The molecule has 13 heavy (non-hydrogen) atoms. The lowest BCUT2D eigenvalue weighted by Gasteiger charge is -2.04. The molecule has 0 aromatic heterocycles. The summed E-state index contributed by atoms with van der Waals surface area (Å²) in [6.07, 6.45) is 8.79. The van der Waals surface area contributed by atoms with Crippen LogP contribution in [0.25, 0.3) is 0 Å². The quantitative estimate of drug-likeness (QED) is 0.689. The predicted molar refractivity (Wildman–Crippen MR) is 53.4 cm³/mol. The van der Waals surface area contributed by atoms with Crippen LogP contribution in [0.1, 0.15) is 6.92 Å². The maximum Gasteiger partial charge on any atom is 0.354 e. The van der Waals surface area contributed by atoms with E-state index in [2.05, 4.69) is 5.32 Å². The van der Waals surface area contributed by atoms with E-state index in [9.17, 15) is 4.79 Å². The molecule has 1 rings (SSSR count). The molecule has 1 heterocycles. The Morgan fingerprint density at radius 3 is 2.92 bits per heavy atom. The third kappa shape index (κ3) is 3.80. The largest absolute Gasteiger partial charge is 0.461 e. The molecule has 4 heteroatoms. The van der Waals surface area contributed by atoms with Gasteiger partial charge in [0.05, 0.1) is 6.61 Å². The molecule has 1 aliphatic rings. The number of allylic oxidation sites excluding steroid dienone is 4. The number of ether oxygens (including phenoxy) is 1. The van der Waals surface area contributed by atoms with E-state index in [1.165, 1.54) is 0 Å². The van der Waals surface area contributed by atoms with E-state index in [4.69, 9.17) is 4.74 Å². The summed E-state index contributed by atoms with van der Waals surface area (Å²) < 4.78 is 4.80. The van der Waals surface area contributed by atoms with Gasteiger partial charge in [-0.15, -0.1) is 12.4 Å². The Hall–Kier alpha value is -1.22. The Kier molecular flexibility index (Phi) is 5.72. The van der Waals surface area contributed by atoms with Crippen LogP contribution in [-0.2, 0) is 9.53 Å². The second kappa shape index (κ2) is 6.31. The number of halogens is 1. The summed E-state index contributed by atoms with van der Waals surface area (Å²) in [6, 6.07) is 0. The monoisotopic (exact) mass is 201 g/mol. The van der Waals surface area contributed by atoms with Crippen molar-refractivity contribution in [2.75, 3.05) is 6.61 Å². The molecule has 1 aliphatic heterocycles. The zero-order valence-corrected chi connectivity index (χ0v) is 8.14. The molecule has 0 aromatic carbocycles. The Labute approximate surface area is 83.6 Å². The summed E-state index contributed by atoms with van der Waals surface area (Å²) in [6.45, 7) is 2.17. The zero-order valence-electron chi connectivity index (χ0n) is 7.32. The summed E-state index contributed by atoms with van der Waals surface area (Å²) in [5.74, 6) is -0.325. The highest BCUT2D eigenvalue weighted by Gasteiger charge is 2.07. The van der Waals surface area contributed by atoms with Crippen LogP contribution in [-0.4, -0.2) is 12.6 Å². The molecule has 1 N–H and O–H groups in total. The minimum Gasteiger partial charge on any atom is -0.461 e. The van der Waals surface area contributed by atoms with Gasteiger partial charge in [-0.2, -0.15) is 0 Å². The van der Waals surface area contributed by atoms with E-state index in [0.29, 0.717) is 12.3 Å². The first kappa shape index (κ1) is 11.8. The standard InChI is InChI=1S/C9H11NO2.ClH/c1-2-12-9(11)8-6-4-3-5-7-10-8;/h3-7,10H,2H2,1H3;1H. The van der Waals surface area contributed by atoms with E-state index >= 15 is 0 Å². The van der Waals surface area contributed by atoms with Gasteiger partial charge in [0, 0.05) is 6.20 Å². The van der Waals surface area contributed by atoms with Crippen molar-refractivity contribution in [3.8, 4) is 0 Å². The lowest BCUT2D eigenvalue weighted by Crippen LogP contribution is -2.17. The highest BCUT2D eigenvalue weighted by molar-refractivity contribution is 5.88. The van der Waals surface area contributed by atoms with Gasteiger partial charge < -0.3 is 10.1 Å². The molecular weight excluding hydrogens is 190 g/mol. The molecule has 72 valence electrons. The van der Waals surface area contributed by atoms with Gasteiger partial charge in [-0.1, -0.05) is 12.2 Å². The fraction of sp³-hybridized carbons (Fsp3) is 0.222. The first-order valence-corrected chi connectivity index (χ1v) is 3.81. The van der Waals surface area contributed by atoms with E-state index < -0.39 is 0 Å². The number of hydrogen-bond acceptors (Lipinski definition) is 3. The number of carbonyl (C=O) groups is 1. The third-order valence-corrected chi connectivity index (χ3v) is 1.32. The Morgan fingerprint density at radius 1 is 1.46 bits per heavy atom. The third-order valence-electron chi connectivity index (χ3n) is 1.32. The van der Waals surface area contributed by atoms with Crippen LogP contribution in [0.15, 0.2) is 36.2 Å².